The van der Waals surface area contributed by atoms with Crippen LogP contribution in [0.3, 0.4) is 0 Å². The number of hydrogen-bond acceptors (Lipinski definition) is 4. The maximum Gasteiger partial charge on any atom is 0.324 e. The molecule has 0 aliphatic heterocycles. The smallest absolute Gasteiger partial charge is 0.305 e. The van der Waals surface area contributed by atoms with Gasteiger partial charge in [0.1, 0.15) is 5.82 Å². The van der Waals surface area contributed by atoms with Crippen molar-refractivity contribution in [3.05, 3.63) is 48.5 Å². The number of carbonyl (C=O) groups is 1. The third-order valence-electron chi connectivity index (χ3n) is 3.34. The summed E-state index contributed by atoms with van der Waals surface area (Å²) >= 11 is 0. The van der Waals surface area contributed by atoms with E-state index in [1.807, 2.05) is 24.3 Å². The van der Waals surface area contributed by atoms with Crippen LogP contribution in [-0.2, 0) is 5.41 Å². The average Bonchev–Trinajstić information content (AvgIpc) is 3.17. The number of nitrogens with zero attached hydrogens (tertiary/aromatic N) is 4. The topological polar surface area (TPSA) is 101 Å². The minimum atomic E-state index is -0.381. The predicted octanol–water partition coefficient (Wildman–Crippen LogP) is 2.93. The number of H-pyrrole nitrogens is 1. The van der Waals surface area contributed by atoms with Crippen LogP contribution in [0.1, 0.15) is 26.5 Å². The third kappa shape index (κ3) is 3.43. The fraction of sp³-hybridized carbons (Fsp3) is 0.250. The average molecular weight is 325 g/mol. The number of pyridine rings is 1. The quantitative estimate of drug-likeness (QED) is 0.689. The zero-order valence-electron chi connectivity index (χ0n) is 13.7. The molecule has 2 amide bonds. The molecule has 0 radical (unpaired) electrons. The van der Waals surface area contributed by atoms with Crippen molar-refractivity contribution in [1.82, 2.24) is 25.0 Å². The number of anilines is 2. The van der Waals surface area contributed by atoms with Crippen LogP contribution in [0.2, 0.25) is 0 Å². The molecule has 24 heavy (non-hydrogen) atoms. The number of rotatable bonds is 3. The molecule has 3 N–H and O–H groups in total. The fourth-order valence-corrected chi connectivity index (χ4v) is 2.09. The van der Waals surface area contributed by atoms with Crippen molar-refractivity contribution in [2.75, 3.05) is 10.6 Å². The molecular formula is C16H19N7O. The first-order chi connectivity index (χ1) is 11.4. The lowest BCUT2D eigenvalue weighted by molar-refractivity contribution is 0.262. The summed E-state index contributed by atoms with van der Waals surface area (Å²) < 4.78 is 1.62. The number of nitrogens with one attached hydrogen (secondary N) is 3. The van der Waals surface area contributed by atoms with E-state index in [2.05, 4.69) is 51.7 Å². The Morgan fingerprint density at radius 3 is 2.71 bits per heavy atom. The minimum absolute atomic E-state index is 0.155. The molecule has 8 nitrogen and oxygen atoms in total. The highest BCUT2D eigenvalue weighted by molar-refractivity contribution is 5.99. The van der Waals surface area contributed by atoms with E-state index in [-0.39, 0.29) is 11.4 Å². The maximum absolute atomic E-state index is 12.2. The fourth-order valence-electron chi connectivity index (χ4n) is 2.09. The Morgan fingerprint density at radius 2 is 2.08 bits per heavy atom. The molecule has 0 fully saturated rings. The van der Waals surface area contributed by atoms with Crippen molar-refractivity contribution < 1.29 is 4.79 Å². The molecule has 3 rings (SSSR count). The Bertz CT molecular complexity index is 816. The number of carbonyl (C=O) groups excluding carboxylic acids is 1. The van der Waals surface area contributed by atoms with Crippen LogP contribution >= 0.6 is 0 Å². The van der Waals surface area contributed by atoms with Crippen molar-refractivity contribution >= 4 is 17.5 Å². The van der Waals surface area contributed by atoms with E-state index in [9.17, 15) is 4.79 Å². The van der Waals surface area contributed by atoms with Gasteiger partial charge in [-0.2, -0.15) is 14.9 Å². The van der Waals surface area contributed by atoms with Crippen LogP contribution in [0.4, 0.5) is 16.3 Å². The molecule has 0 atom stereocenters. The van der Waals surface area contributed by atoms with Crippen LogP contribution in [-0.4, -0.2) is 31.0 Å². The van der Waals surface area contributed by atoms with Gasteiger partial charge in [-0.3, -0.25) is 10.4 Å². The van der Waals surface area contributed by atoms with Gasteiger partial charge in [0.15, 0.2) is 5.82 Å². The largest absolute Gasteiger partial charge is 0.324 e. The highest BCUT2D eigenvalue weighted by Crippen LogP contribution is 2.25. The molecule has 0 spiro atoms. The van der Waals surface area contributed by atoms with Gasteiger partial charge >= 0.3 is 6.03 Å². The van der Waals surface area contributed by atoms with E-state index < -0.39 is 0 Å². The summed E-state index contributed by atoms with van der Waals surface area (Å²) in [5.74, 6) is 1.17. The Hall–Kier alpha value is -3.16. The van der Waals surface area contributed by atoms with Gasteiger partial charge in [0.2, 0.25) is 0 Å². The Labute approximate surface area is 139 Å². The molecule has 0 aromatic carbocycles. The second kappa shape index (κ2) is 6.15. The van der Waals surface area contributed by atoms with E-state index in [0.29, 0.717) is 17.3 Å². The minimum Gasteiger partial charge on any atom is -0.305 e. The third-order valence-corrected chi connectivity index (χ3v) is 3.34. The van der Waals surface area contributed by atoms with Crippen LogP contribution in [0.15, 0.2) is 42.9 Å². The van der Waals surface area contributed by atoms with Crippen molar-refractivity contribution in [2.45, 2.75) is 26.2 Å². The van der Waals surface area contributed by atoms with Crippen LogP contribution in [0, 0.1) is 0 Å². The SMILES string of the molecule is CC(C)(C)c1cc(NC(=O)Nc2cn[nH]c2)n(-c2ccccn2)n1. The summed E-state index contributed by atoms with van der Waals surface area (Å²) in [6.45, 7) is 6.19. The Balaban J connectivity index is 1.90. The Morgan fingerprint density at radius 1 is 1.25 bits per heavy atom. The lowest BCUT2D eigenvalue weighted by Crippen LogP contribution is -2.21. The van der Waals surface area contributed by atoms with Crippen molar-refractivity contribution in [2.24, 2.45) is 0 Å². The van der Waals surface area contributed by atoms with Gasteiger partial charge in [-0.1, -0.05) is 26.8 Å². The maximum atomic E-state index is 12.2. The molecule has 3 aromatic heterocycles. The molecule has 0 aliphatic carbocycles. The predicted molar refractivity (Wildman–Crippen MR) is 91.3 cm³/mol. The van der Waals surface area contributed by atoms with Gasteiger partial charge in [-0.15, -0.1) is 0 Å². The first-order valence-corrected chi connectivity index (χ1v) is 7.52. The number of hydrogen-bond donors (Lipinski definition) is 3. The molecule has 0 unspecified atom stereocenters. The summed E-state index contributed by atoms with van der Waals surface area (Å²) in [5.41, 5.74) is 1.27. The second-order valence-electron chi connectivity index (χ2n) is 6.33. The van der Waals surface area contributed by atoms with Crippen molar-refractivity contribution in [3.63, 3.8) is 0 Å². The summed E-state index contributed by atoms with van der Waals surface area (Å²) in [5, 5.41) is 16.5. The number of urea groups is 1. The molecule has 0 bridgehead atoms. The van der Waals surface area contributed by atoms with Crippen LogP contribution in [0.25, 0.3) is 5.82 Å². The number of amides is 2. The summed E-state index contributed by atoms with van der Waals surface area (Å²) in [4.78, 5) is 16.5. The van der Waals surface area contributed by atoms with E-state index in [1.165, 1.54) is 6.20 Å². The molecular weight excluding hydrogens is 306 g/mol. The molecule has 3 heterocycles. The van der Waals surface area contributed by atoms with Gasteiger partial charge in [0.05, 0.1) is 17.6 Å². The number of aromatic amines is 1. The summed E-state index contributed by atoms with van der Waals surface area (Å²) in [6, 6.07) is 7.00. The van der Waals surface area contributed by atoms with Crippen molar-refractivity contribution in [1.29, 1.82) is 0 Å². The first kappa shape index (κ1) is 15.7. The number of aromatic nitrogens is 5. The van der Waals surface area contributed by atoms with Gasteiger partial charge < -0.3 is 5.32 Å². The van der Waals surface area contributed by atoms with Crippen LogP contribution in [0.5, 0.6) is 0 Å². The molecule has 0 saturated heterocycles. The normalized spacial score (nSPS) is 11.3. The lowest BCUT2D eigenvalue weighted by Gasteiger charge is -2.13. The Kier molecular flexibility index (Phi) is 4.03. The van der Waals surface area contributed by atoms with E-state index >= 15 is 0 Å². The van der Waals surface area contributed by atoms with Gasteiger partial charge in [0.25, 0.3) is 0 Å². The van der Waals surface area contributed by atoms with E-state index in [1.54, 1.807) is 17.1 Å². The van der Waals surface area contributed by atoms with Crippen LogP contribution < -0.4 is 10.6 Å². The summed E-state index contributed by atoms with van der Waals surface area (Å²) in [6.07, 6.45) is 4.80. The second-order valence-corrected chi connectivity index (χ2v) is 6.33. The molecule has 124 valence electrons. The van der Waals surface area contributed by atoms with E-state index in [0.717, 1.165) is 5.69 Å². The highest BCUT2D eigenvalue weighted by Gasteiger charge is 2.21. The van der Waals surface area contributed by atoms with Gasteiger partial charge in [-0.25, -0.2) is 9.78 Å². The zero-order valence-corrected chi connectivity index (χ0v) is 13.7. The first-order valence-electron chi connectivity index (χ1n) is 7.52. The van der Waals surface area contributed by atoms with Gasteiger partial charge in [0, 0.05) is 23.9 Å². The standard InChI is InChI=1S/C16H19N7O/c1-16(2,3)12-8-14(21-15(24)20-11-9-18-19-10-11)23(22-12)13-6-4-5-7-17-13/h4-10H,1-3H3,(H,18,19)(H2,20,21,24). The monoisotopic (exact) mass is 325 g/mol. The summed E-state index contributed by atoms with van der Waals surface area (Å²) in [7, 11) is 0. The molecule has 0 saturated carbocycles. The molecule has 3 aromatic rings. The lowest BCUT2D eigenvalue weighted by atomic mass is 9.92. The molecule has 8 heteroatoms. The highest BCUT2D eigenvalue weighted by atomic mass is 16.2. The van der Waals surface area contributed by atoms with E-state index in [4.69, 9.17) is 0 Å². The van der Waals surface area contributed by atoms with Gasteiger partial charge in [-0.05, 0) is 12.1 Å². The van der Waals surface area contributed by atoms with Crippen molar-refractivity contribution in [3.8, 4) is 5.82 Å². The zero-order chi connectivity index (χ0) is 17.2. The molecule has 0 aliphatic rings.